The van der Waals surface area contributed by atoms with Crippen LogP contribution in [0.2, 0.25) is 0 Å². The summed E-state index contributed by atoms with van der Waals surface area (Å²) in [6.45, 7) is 4.39. The largest absolute Gasteiger partial charge is 0.111 e. The van der Waals surface area contributed by atoms with E-state index >= 15 is 0 Å². The van der Waals surface area contributed by atoms with Crippen molar-refractivity contribution in [1.29, 1.82) is 0 Å². The molecule has 72 valence electrons. The topological polar surface area (TPSA) is 0 Å². The Kier molecular flexibility index (Phi) is 4.68. The van der Waals surface area contributed by atoms with Gasteiger partial charge in [-0.1, -0.05) is 32.0 Å². The van der Waals surface area contributed by atoms with Crippen LogP contribution in [0.1, 0.15) is 20.3 Å². The van der Waals surface area contributed by atoms with Crippen molar-refractivity contribution in [2.75, 3.05) is 0 Å². The van der Waals surface area contributed by atoms with Gasteiger partial charge in [-0.25, -0.2) is 0 Å². The van der Waals surface area contributed by atoms with Gasteiger partial charge in [-0.3, -0.25) is 0 Å². The molecule has 0 aliphatic carbocycles. The molecule has 1 aromatic rings. The average molecular weight is 215 g/mol. The third-order valence-corrected chi connectivity index (χ3v) is 3.10. The molecule has 0 radical (unpaired) electrons. The van der Waals surface area contributed by atoms with Crippen LogP contribution in [0.3, 0.4) is 0 Å². The molecular formula is C11H15ClS. The van der Waals surface area contributed by atoms with Crippen LogP contribution >= 0.6 is 23.4 Å². The zero-order valence-corrected chi connectivity index (χ0v) is 9.61. The van der Waals surface area contributed by atoms with Crippen molar-refractivity contribution in [3.63, 3.8) is 0 Å². The summed E-state index contributed by atoms with van der Waals surface area (Å²) in [5.74, 6) is 0.665. The van der Waals surface area contributed by atoms with Crippen LogP contribution in [0.15, 0.2) is 35.2 Å². The summed E-state index contributed by atoms with van der Waals surface area (Å²) < 4.78 is 0.197. The summed E-state index contributed by atoms with van der Waals surface area (Å²) in [5.41, 5.74) is 0. The SMILES string of the molecule is CC(C)CC(Cl)Sc1ccccc1. The maximum Gasteiger partial charge on any atom is 0.0838 e. The van der Waals surface area contributed by atoms with Crippen molar-refractivity contribution < 1.29 is 0 Å². The van der Waals surface area contributed by atoms with Gasteiger partial charge >= 0.3 is 0 Å². The minimum absolute atomic E-state index is 0.197. The highest BCUT2D eigenvalue weighted by atomic mass is 35.5. The summed E-state index contributed by atoms with van der Waals surface area (Å²) in [6, 6.07) is 10.3. The van der Waals surface area contributed by atoms with E-state index in [1.165, 1.54) is 4.90 Å². The lowest BCUT2D eigenvalue weighted by Gasteiger charge is -2.10. The normalized spacial score (nSPS) is 13.2. The third-order valence-electron chi connectivity index (χ3n) is 1.66. The number of alkyl halides is 1. The lowest BCUT2D eigenvalue weighted by atomic mass is 10.2. The maximum atomic E-state index is 6.17. The van der Waals surface area contributed by atoms with Gasteiger partial charge < -0.3 is 0 Å². The molecule has 0 fully saturated rings. The fraction of sp³-hybridized carbons (Fsp3) is 0.455. The van der Waals surface area contributed by atoms with E-state index in [-0.39, 0.29) is 4.71 Å². The monoisotopic (exact) mass is 214 g/mol. The lowest BCUT2D eigenvalue weighted by molar-refractivity contribution is 0.617. The molecule has 0 saturated heterocycles. The number of halogens is 1. The first-order chi connectivity index (χ1) is 6.18. The predicted molar refractivity (Wildman–Crippen MR) is 61.4 cm³/mol. The van der Waals surface area contributed by atoms with Crippen LogP contribution in [0, 0.1) is 5.92 Å². The fourth-order valence-electron chi connectivity index (χ4n) is 1.07. The molecule has 1 aromatic carbocycles. The van der Waals surface area contributed by atoms with Crippen LogP contribution in [0.5, 0.6) is 0 Å². The quantitative estimate of drug-likeness (QED) is 0.529. The minimum Gasteiger partial charge on any atom is -0.111 e. The molecule has 0 amide bonds. The summed E-state index contributed by atoms with van der Waals surface area (Å²) in [4.78, 5) is 1.25. The van der Waals surface area contributed by atoms with Gasteiger partial charge in [0.15, 0.2) is 0 Å². The summed E-state index contributed by atoms with van der Waals surface area (Å²) in [6.07, 6.45) is 1.06. The van der Waals surface area contributed by atoms with E-state index in [2.05, 4.69) is 26.0 Å². The molecule has 1 unspecified atom stereocenters. The van der Waals surface area contributed by atoms with Gasteiger partial charge in [-0.2, -0.15) is 0 Å². The molecule has 13 heavy (non-hydrogen) atoms. The number of hydrogen-bond acceptors (Lipinski definition) is 1. The lowest BCUT2D eigenvalue weighted by Crippen LogP contribution is -1.97. The van der Waals surface area contributed by atoms with Crippen LogP contribution in [0.4, 0.5) is 0 Å². The molecule has 0 aliphatic rings. The number of hydrogen-bond donors (Lipinski definition) is 0. The number of thioether (sulfide) groups is 1. The van der Waals surface area contributed by atoms with Crippen molar-refractivity contribution in [2.45, 2.75) is 29.9 Å². The zero-order chi connectivity index (χ0) is 9.68. The zero-order valence-electron chi connectivity index (χ0n) is 8.03. The third kappa shape index (κ3) is 4.58. The Morgan fingerprint density at radius 2 is 1.85 bits per heavy atom. The Labute approximate surface area is 89.7 Å². The Morgan fingerprint density at radius 1 is 1.23 bits per heavy atom. The molecule has 0 N–H and O–H groups in total. The van der Waals surface area contributed by atoms with Gasteiger partial charge in [0.1, 0.15) is 0 Å². The molecule has 0 heterocycles. The molecule has 0 bridgehead atoms. The van der Waals surface area contributed by atoms with E-state index in [1.807, 2.05) is 18.2 Å². The molecule has 0 saturated carbocycles. The van der Waals surface area contributed by atoms with Gasteiger partial charge in [0.2, 0.25) is 0 Å². The first-order valence-corrected chi connectivity index (χ1v) is 5.86. The first kappa shape index (κ1) is 10.9. The maximum absolute atomic E-state index is 6.17. The van der Waals surface area contributed by atoms with Crippen LogP contribution in [-0.2, 0) is 0 Å². The van der Waals surface area contributed by atoms with Crippen molar-refractivity contribution >= 4 is 23.4 Å². The average Bonchev–Trinajstić information content (AvgIpc) is 2.04. The molecule has 0 aromatic heterocycles. The smallest absolute Gasteiger partial charge is 0.0838 e. The second kappa shape index (κ2) is 5.56. The molecule has 0 spiro atoms. The number of rotatable bonds is 4. The standard InChI is InChI=1S/C11H15ClS/c1-9(2)8-11(12)13-10-6-4-3-5-7-10/h3-7,9,11H,8H2,1-2H3. The Morgan fingerprint density at radius 3 is 2.38 bits per heavy atom. The van der Waals surface area contributed by atoms with Crippen LogP contribution in [0.25, 0.3) is 0 Å². The van der Waals surface area contributed by atoms with Crippen molar-refractivity contribution in [1.82, 2.24) is 0 Å². The van der Waals surface area contributed by atoms with Gasteiger partial charge in [-0.15, -0.1) is 23.4 Å². The van der Waals surface area contributed by atoms with Crippen LogP contribution in [-0.4, -0.2) is 4.71 Å². The van der Waals surface area contributed by atoms with Gasteiger partial charge in [-0.05, 0) is 24.5 Å². The fourth-order valence-corrected chi connectivity index (χ4v) is 2.82. The van der Waals surface area contributed by atoms with Gasteiger partial charge in [0.05, 0.1) is 4.71 Å². The van der Waals surface area contributed by atoms with Crippen LogP contribution < -0.4 is 0 Å². The second-order valence-electron chi connectivity index (χ2n) is 3.47. The predicted octanol–water partition coefficient (Wildman–Crippen LogP) is 4.39. The summed E-state index contributed by atoms with van der Waals surface area (Å²) in [5, 5.41) is 0. The Hall–Kier alpha value is -0.140. The van der Waals surface area contributed by atoms with Crippen molar-refractivity contribution in [3.8, 4) is 0 Å². The number of benzene rings is 1. The molecule has 2 heteroatoms. The van der Waals surface area contributed by atoms with Crippen molar-refractivity contribution in [2.24, 2.45) is 5.92 Å². The van der Waals surface area contributed by atoms with Gasteiger partial charge in [0.25, 0.3) is 0 Å². The van der Waals surface area contributed by atoms with E-state index < -0.39 is 0 Å². The summed E-state index contributed by atoms with van der Waals surface area (Å²) in [7, 11) is 0. The minimum atomic E-state index is 0.197. The van der Waals surface area contributed by atoms with E-state index in [1.54, 1.807) is 11.8 Å². The highest BCUT2D eigenvalue weighted by molar-refractivity contribution is 8.01. The summed E-state index contributed by atoms with van der Waals surface area (Å²) >= 11 is 7.91. The second-order valence-corrected chi connectivity index (χ2v) is 5.53. The van der Waals surface area contributed by atoms with E-state index in [0.717, 1.165) is 6.42 Å². The Balaban J connectivity index is 2.41. The molecule has 0 aliphatic heterocycles. The van der Waals surface area contributed by atoms with E-state index in [9.17, 15) is 0 Å². The molecule has 0 nitrogen and oxygen atoms in total. The molecule has 1 atom stereocenters. The molecule has 1 rings (SSSR count). The highest BCUT2D eigenvalue weighted by Gasteiger charge is 2.08. The van der Waals surface area contributed by atoms with Crippen molar-refractivity contribution in [3.05, 3.63) is 30.3 Å². The molecular weight excluding hydrogens is 200 g/mol. The Bertz CT molecular complexity index is 233. The van der Waals surface area contributed by atoms with E-state index in [4.69, 9.17) is 11.6 Å². The highest BCUT2D eigenvalue weighted by Crippen LogP contribution is 2.29. The van der Waals surface area contributed by atoms with E-state index in [0.29, 0.717) is 5.92 Å². The first-order valence-electron chi connectivity index (χ1n) is 4.54. The van der Waals surface area contributed by atoms with Gasteiger partial charge in [0, 0.05) is 4.90 Å².